The van der Waals surface area contributed by atoms with Gasteiger partial charge in [0.25, 0.3) is 5.91 Å². The van der Waals surface area contributed by atoms with Crippen LogP contribution in [0.5, 0.6) is 5.75 Å². The van der Waals surface area contributed by atoms with Crippen molar-refractivity contribution in [2.24, 2.45) is 5.73 Å². The minimum Gasteiger partial charge on any atom is -0.508 e. The van der Waals surface area contributed by atoms with Gasteiger partial charge in [0.2, 0.25) is 0 Å². The van der Waals surface area contributed by atoms with Crippen LogP contribution in [-0.2, 0) is 0 Å². The predicted octanol–water partition coefficient (Wildman–Crippen LogP) is 2.04. The Morgan fingerprint density at radius 3 is 3.05 bits per heavy atom. The SMILES string of the molecule is Cc1c(O)cccc1C(=O)N1CCCC1CCCN. The molecule has 0 spiro atoms. The fraction of sp³-hybridized carbons (Fsp3) is 0.533. The molecular weight excluding hydrogens is 240 g/mol. The van der Waals surface area contributed by atoms with Crippen molar-refractivity contribution in [1.29, 1.82) is 0 Å². The smallest absolute Gasteiger partial charge is 0.254 e. The molecule has 19 heavy (non-hydrogen) atoms. The molecular formula is C15H22N2O2. The van der Waals surface area contributed by atoms with E-state index in [2.05, 4.69) is 0 Å². The summed E-state index contributed by atoms with van der Waals surface area (Å²) < 4.78 is 0. The van der Waals surface area contributed by atoms with Gasteiger partial charge in [-0.15, -0.1) is 0 Å². The molecule has 1 heterocycles. The molecule has 0 radical (unpaired) electrons. The second-order valence-electron chi connectivity index (χ2n) is 5.18. The molecule has 1 aliphatic rings. The molecule has 1 saturated heterocycles. The number of nitrogens with two attached hydrogens (primary N) is 1. The zero-order valence-corrected chi connectivity index (χ0v) is 11.4. The topological polar surface area (TPSA) is 66.6 Å². The van der Waals surface area contributed by atoms with Crippen LogP contribution >= 0.6 is 0 Å². The highest BCUT2D eigenvalue weighted by Crippen LogP contribution is 2.26. The molecule has 1 aromatic carbocycles. The number of nitrogens with zero attached hydrogens (tertiary/aromatic N) is 1. The van der Waals surface area contributed by atoms with E-state index in [1.165, 1.54) is 0 Å². The van der Waals surface area contributed by atoms with Crippen LogP contribution in [0.1, 0.15) is 41.6 Å². The molecule has 1 fully saturated rings. The van der Waals surface area contributed by atoms with Gasteiger partial charge in [-0.05, 0) is 51.3 Å². The molecule has 2 rings (SSSR count). The van der Waals surface area contributed by atoms with E-state index in [-0.39, 0.29) is 11.7 Å². The maximum Gasteiger partial charge on any atom is 0.254 e. The van der Waals surface area contributed by atoms with Gasteiger partial charge < -0.3 is 15.7 Å². The van der Waals surface area contributed by atoms with Gasteiger partial charge in [0.1, 0.15) is 5.75 Å². The number of carbonyl (C=O) groups excluding carboxylic acids is 1. The van der Waals surface area contributed by atoms with Crippen LogP contribution in [0.15, 0.2) is 18.2 Å². The van der Waals surface area contributed by atoms with Gasteiger partial charge >= 0.3 is 0 Å². The van der Waals surface area contributed by atoms with Crippen LogP contribution < -0.4 is 5.73 Å². The number of aromatic hydroxyl groups is 1. The summed E-state index contributed by atoms with van der Waals surface area (Å²) in [4.78, 5) is 14.5. The molecule has 1 atom stereocenters. The van der Waals surface area contributed by atoms with Crippen LogP contribution in [0.25, 0.3) is 0 Å². The number of phenols is 1. The summed E-state index contributed by atoms with van der Waals surface area (Å²) in [6, 6.07) is 5.43. The first-order chi connectivity index (χ1) is 9.15. The van der Waals surface area contributed by atoms with Crippen molar-refractivity contribution in [3.63, 3.8) is 0 Å². The Morgan fingerprint density at radius 2 is 2.32 bits per heavy atom. The van der Waals surface area contributed by atoms with Crippen molar-refractivity contribution in [3.8, 4) is 5.75 Å². The molecule has 3 N–H and O–H groups in total. The highest BCUT2D eigenvalue weighted by molar-refractivity contribution is 5.96. The van der Waals surface area contributed by atoms with E-state index in [0.29, 0.717) is 23.7 Å². The van der Waals surface area contributed by atoms with Gasteiger partial charge in [-0.25, -0.2) is 0 Å². The summed E-state index contributed by atoms with van der Waals surface area (Å²) in [7, 11) is 0. The Kier molecular flexibility index (Phi) is 4.43. The quantitative estimate of drug-likeness (QED) is 0.872. The lowest BCUT2D eigenvalue weighted by molar-refractivity contribution is 0.0728. The van der Waals surface area contributed by atoms with E-state index in [1.54, 1.807) is 25.1 Å². The van der Waals surface area contributed by atoms with E-state index in [9.17, 15) is 9.90 Å². The minimum atomic E-state index is 0.0351. The number of rotatable bonds is 4. The molecule has 1 unspecified atom stereocenters. The van der Waals surface area contributed by atoms with E-state index in [0.717, 1.165) is 32.2 Å². The predicted molar refractivity (Wildman–Crippen MR) is 75.2 cm³/mol. The highest BCUT2D eigenvalue weighted by atomic mass is 16.3. The molecule has 0 aliphatic carbocycles. The average Bonchev–Trinajstić information content (AvgIpc) is 2.87. The standard InChI is InChI=1S/C15H22N2O2/c1-11-13(7-2-8-14(11)18)15(19)17-10-4-6-12(17)5-3-9-16/h2,7-8,12,18H,3-6,9-10,16H2,1H3. The summed E-state index contributed by atoms with van der Waals surface area (Å²) in [6.45, 7) is 3.26. The van der Waals surface area contributed by atoms with Gasteiger partial charge in [0.15, 0.2) is 0 Å². The van der Waals surface area contributed by atoms with Gasteiger partial charge in [0.05, 0.1) is 0 Å². The zero-order chi connectivity index (χ0) is 13.8. The van der Waals surface area contributed by atoms with Crippen molar-refractivity contribution in [1.82, 2.24) is 4.90 Å². The zero-order valence-electron chi connectivity index (χ0n) is 11.4. The molecule has 0 saturated carbocycles. The lowest BCUT2D eigenvalue weighted by Crippen LogP contribution is -2.36. The monoisotopic (exact) mass is 262 g/mol. The number of hydrogen-bond acceptors (Lipinski definition) is 3. The summed E-state index contributed by atoms with van der Waals surface area (Å²) in [5.74, 6) is 0.219. The Morgan fingerprint density at radius 1 is 1.53 bits per heavy atom. The van der Waals surface area contributed by atoms with Crippen LogP contribution in [0, 0.1) is 6.92 Å². The minimum absolute atomic E-state index is 0.0351. The van der Waals surface area contributed by atoms with Gasteiger partial charge in [-0.2, -0.15) is 0 Å². The first-order valence-electron chi connectivity index (χ1n) is 6.94. The van der Waals surface area contributed by atoms with Gasteiger partial charge in [-0.1, -0.05) is 6.07 Å². The lowest BCUT2D eigenvalue weighted by atomic mass is 10.0. The molecule has 1 aromatic rings. The third kappa shape index (κ3) is 2.89. The van der Waals surface area contributed by atoms with E-state index < -0.39 is 0 Å². The third-order valence-electron chi connectivity index (χ3n) is 3.92. The fourth-order valence-corrected chi connectivity index (χ4v) is 2.77. The van der Waals surface area contributed by atoms with Gasteiger partial charge in [-0.3, -0.25) is 4.79 Å². The molecule has 0 bridgehead atoms. The van der Waals surface area contributed by atoms with E-state index in [1.807, 2.05) is 4.90 Å². The molecule has 1 amide bonds. The average molecular weight is 262 g/mol. The lowest BCUT2D eigenvalue weighted by Gasteiger charge is -2.25. The van der Waals surface area contributed by atoms with Crippen LogP contribution in [-0.4, -0.2) is 35.0 Å². The van der Waals surface area contributed by atoms with Crippen molar-refractivity contribution in [2.75, 3.05) is 13.1 Å². The Bertz CT molecular complexity index is 459. The number of carbonyl (C=O) groups is 1. The molecule has 0 aromatic heterocycles. The highest BCUT2D eigenvalue weighted by Gasteiger charge is 2.29. The van der Waals surface area contributed by atoms with Crippen LogP contribution in [0.4, 0.5) is 0 Å². The first-order valence-corrected chi connectivity index (χ1v) is 6.94. The number of hydrogen-bond donors (Lipinski definition) is 2. The largest absolute Gasteiger partial charge is 0.508 e. The van der Waals surface area contributed by atoms with E-state index in [4.69, 9.17) is 5.73 Å². The maximum atomic E-state index is 12.6. The van der Waals surface area contributed by atoms with Crippen LogP contribution in [0.3, 0.4) is 0 Å². The Balaban J connectivity index is 2.16. The molecule has 4 heteroatoms. The van der Waals surface area contributed by atoms with Crippen molar-refractivity contribution in [2.45, 2.75) is 38.6 Å². The van der Waals surface area contributed by atoms with Crippen molar-refractivity contribution < 1.29 is 9.90 Å². The third-order valence-corrected chi connectivity index (χ3v) is 3.92. The van der Waals surface area contributed by atoms with Crippen molar-refractivity contribution in [3.05, 3.63) is 29.3 Å². The maximum absolute atomic E-state index is 12.6. The second kappa shape index (κ2) is 6.06. The molecule has 4 nitrogen and oxygen atoms in total. The first kappa shape index (κ1) is 13.9. The fourth-order valence-electron chi connectivity index (χ4n) is 2.77. The number of phenolic OH excluding ortho intramolecular Hbond substituents is 1. The molecule has 1 aliphatic heterocycles. The number of amides is 1. The Hall–Kier alpha value is -1.55. The second-order valence-corrected chi connectivity index (χ2v) is 5.18. The summed E-state index contributed by atoms with van der Waals surface area (Å²) >= 11 is 0. The summed E-state index contributed by atoms with van der Waals surface area (Å²) in [5.41, 5.74) is 6.82. The van der Waals surface area contributed by atoms with Crippen molar-refractivity contribution >= 4 is 5.91 Å². The summed E-state index contributed by atoms with van der Waals surface area (Å²) in [6.07, 6.45) is 4.04. The Labute approximate surface area is 114 Å². The molecule has 104 valence electrons. The number of likely N-dealkylation sites (tertiary alicyclic amines) is 1. The number of benzene rings is 1. The van der Waals surface area contributed by atoms with Crippen LogP contribution in [0.2, 0.25) is 0 Å². The van der Waals surface area contributed by atoms with E-state index >= 15 is 0 Å². The van der Waals surface area contributed by atoms with Gasteiger partial charge in [0, 0.05) is 23.7 Å². The summed E-state index contributed by atoms with van der Waals surface area (Å²) in [5, 5.41) is 9.71. The normalized spacial score (nSPS) is 18.8.